The van der Waals surface area contributed by atoms with Gasteiger partial charge < -0.3 is 36.0 Å². The Morgan fingerprint density at radius 2 is 0.714 bits per heavy atom. The van der Waals surface area contributed by atoms with Gasteiger partial charge in [0, 0.05) is 0 Å². The van der Waals surface area contributed by atoms with Crippen LogP contribution in [0.25, 0.3) is 0 Å². The maximum atomic E-state index is 6.25. The molecule has 44 valence electrons. The summed E-state index contributed by atoms with van der Waals surface area (Å²) in [5.41, 5.74) is 0. The van der Waals surface area contributed by atoms with Gasteiger partial charge in [-0.1, -0.05) is 0 Å². The summed E-state index contributed by atoms with van der Waals surface area (Å²) in [5.74, 6) is 0. The first kappa shape index (κ1) is 83.2. The molecule has 6 N–H and O–H groups in total. The second-order valence-electron chi connectivity index (χ2n) is 0. The van der Waals surface area contributed by atoms with Crippen molar-refractivity contribution in [3.8, 4) is 0 Å². The van der Waals surface area contributed by atoms with Gasteiger partial charge in [0.15, 0.2) is 0 Å². The van der Waals surface area contributed by atoms with Gasteiger partial charge in [0.25, 0.3) is 0 Å². The third kappa shape index (κ3) is 369. The van der Waals surface area contributed by atoms with Gasteiger partial charge in [0.2, 0.25) is 0 Å². The molecule has 0 spiro atoms. The monoisotopic (exact) mass is 192 g/mol. The molecule has 0 fully saturated rings. The van der Waals surface area contributed by atoms with Gasteiger partial charge in [-0.05, 0) is 0 Å². The summed E-state index contributed by atoms with van der Waals surface area (Å²) in [6.45, 7) is 9.50. The van der Waals surface area contributed by atoms with E-state index in [1.807, 2.05) is 0 Å². The summed E-state index contributed by atoms with van der Waals surface area (Å²) in [5, 5.41) is 12.5. The molecule has 0 aromatic rings. The third-order valence-corrected chi connectivity index (χ3v) is 0. The Balaban J connectivity index is -0.00000000267. The summed E-state index contributed by atoms with van der Waals surface area (Å²) in [4.78, 5) is 0. The molecule has 0 atom stereocenters. The molecule has 0 aliphatic rings. The SMILES string of the molecule is N.N.[C-]#N.[C-]#N.[Pd+2]. The second-order valence-corrected chi connectivity index (χ2v) is 0. The van der Waals surface area contributed by atoms with Crippen LogP contribution < -0.4 is 12.3 Å². The Hall–Kier alpha value is -0.438. The fourth-order valence-electron chi connectivity index (χ4n) is 0. The van der Waals surface area contributed by atoms with Crippen molar-refractivity contribution >= 4 is 0 Å². The largest absolute Gasteiger partial charge is 2.00 e. The van der Waals surface area contributed by atoms with E-state index in [0.29, 0.717) is 0 Å². The quantitative estimate of drug-likeness (QED) is 0.429. The van der Waals surface area contributed by atoms with Gasteiger partial charge >= 0.3 is 20.4 Å². The smallest absolute Gasteiger partial charge is 0.512 e. The summed E-state index contributed by atoms with van der Waals surface area (Å²) < 4.78 is 0. The standard InChI is InChI=1S/2CN.2H3N.Pd/c2*1-2;;;/h;;2*1H3;/q2*-1;;;+2. The van der Waals surface area contributed by atoms with Gasteiger partial charge in [0.05, 0.1) is 0 Å². The number of nitrogens with zero attached hydrogens (tertiary/aromatic N) is 2. The molecule has 0 amide bonds. The number of hydrogen-bond donors (Lipinski definition) is 2. The van der Waals surface area contributed by atoms with Gasteiger partial charge in [-0.2, -0.15) is 0 Å². The zero-order chi connectivity index (χ0) is 4.00. The Morgan fingerprint density at radius 3 is 0.714 bits per heavy atom. The molecule has 0 saturated heterocycles. The fraction of sp³-hybridized carbons (Fsp3) is 0. The molecule has 0 bridgehead atoms. The minimum absolute atomic E-state index is 0. The van der Waals surface area contributed by atoms with Crippen LogP contribution >= 0.6 is 0 Å². The normalized spacial score (nSPS) is 0.571. The van der Waals surface area contributed by atoms with Gasteiger partial charge in [-0.15, -0.1) is 0 Å². The van der Waals surface area contributed by atoms with Crippen LogP contribution in [0.15, 0.2) is 0 Å². The molecule has 0 radical (unpaired) electrons. The molecule has 0 saturated carbocycles. The summed E-state index contributed by atoms with van der Waals surface area (Å²) in [6, 6.07) is 0. The molecule has 7 heavy (non-hydrogen) atoms. The van der Waals surface area contributed by atoms with Crippen molar-refractivity contribution in [2.45, 2.75) is 0 Å². The van der Waals surface area contributed by atoms with E-state index >= 15 is 0 Å². The van der Waals surface area contributed by atoms with Crippen LogP contribution in [-0.4, -0.2) is 0 Å². The van der Waals surface area contributed by atoms with Crippen LogP contribution in [0.1, 0.15) is 0 Å². The van der Waals surface area contributed by atoms with Gasteiger partial charge in [0.1, 0.15) is 0 Å². The van der Waals surface area contributed by atoms with E-state index in [1.54, 1.807) is 0 Å². The summed E-state index contributed by atoms with van der Waals surface area (Å²) in [7, 11) is 0. The van der Waals surface area contributed by atoms with Crippen LogP contribution in [0.2, 0.25) is 0 Å². The van der Waals surface area contributed by atoms with E-state index in [0.717, 1.165) is 0 Å². The van der Waals surface area contributed by atoms with E-state index in [-0.39, 0.29) is 32.7 Å². The fourth-order valence-corrected chi connectivity index (χ4v) is 0. The summed E-state index contributed by atoms with van der Waals surface area (Å²) >= 11 is 0. The number of rotatable bonds is 0. The van der Waals surface area contributed by atoms with Crippen molar-refractivity contribution < 1.29 is 20.4 Å². The third-order valence-electron chi connectivity index (χ3n) is 0. The van der Waals surface area contributed by atoms with Crippen molar-refractivity contribution in [3.63, 3.8) is 0 Å². The van der Waals surface area contributed by atoms with E-state index in [1.165, 1.54) is 0 Å². The zero-order valence-corrected chi connectivity index (χ0v) is 5.18. The van der Waals surface area contributed by atoms with Crippen LogP contribution in [-0.2, 0) is 20.4 Å². The van der Waals surface area contributed by atoms with E-state index < -0.39 is 0 Å². The average Bonchev–Trinajstić information content (AvgIpc) is 1.50. The molecule has 0 aromatic heterocycles. The number of hydrogen-bond acceptors (Lipinski definition) is 4. The van der Waals surface area contributed by atoms with E-state index in [4.69, 9.17) is 23.7 Å². The molecule has 0 aromatic carbocycles. The van der Waals surface area contributed by atoms with Crippen molar-refractivity contribution in [1.29, 1.82) is 10.5 Å². The predicted molar refractivity (Wildman–Crippen MR) is 20.0 cm³/mol. The van der Waals surface area contributed by atoms with Crippen molar-refractivity contribution in [1.82, 2.24) is 12.3 Å². The van der Waals surface area contributed by atoms with Crippen LogP contribution in [0.5, 0.6) is 0 Å². The summed E-state index contributed by atoms with van der Waals surface area (Å²) in [6.07, 6.45) is 0. The van der Waals surface area contributed by atoms with Crippen LogP contribution in [0.3, 0.4) is 0 Å². The first-order valence-electron chi connectivity index (χ1n) is 0.447. The zero-order valence-electron chi connectivity index (χ0n) is 3.62. The molecule has 0 rings (SSSR count). The molecular formula is C2H6N4Pd. The minimum atomic E-state index is 0. The Bertz CT molecular complexity index is 25.2. The molecule has 4 nitrogen and oxygen atoms in total. The molecule has 0 aliphatic heterocycles. The van der Waals surface area contributed by atoms with E-state index in [9.17, 15) is 0 Å². The maximum Gasteiger partial charge on any atom is 2.00 e. The van der Waals surface area contributed by atoms with E-state index in [2.05, 4.69) is 0 Å². The molecule has 0 unspecified atom stereocenters. The first-order valence-corrected chi connectivity index (χ1v) is 0.447. The van der Waals surface area contributed by atoms with Gasteiger partial charge in [-0.3, -0.25) is 0 Å². The van der Waals surface area contributed by atoms with Crippen molar-refractivity contribution in [3.05, 3.63) is 13.1 Å². The second kappa shape index (κ2) is 604. The maximum absolute atomic E-state index is 6.25. The Kier molecular flexibility index (Phi) is 7180. The molecule has 0 aliphatic carbocycles. The van der Waals surface area contributed by atoms with Crippen LogP contribution in [0.4, 0.5) is 0 Å². The average molecular weight is 193 g/mol. The van der Waals surface area contributed by atoms with Gasteiger partial charge in [-0.25, -0.2) is 0 Å². The van der Waals surface area contributed by atoms with Crippen LogP contribution in [0, 0.1) is 23.7 Å². The minimum Gasteiger partial charge on any atom is -0.512 e. The Labute approximate surface area is 56.9 Å². The molecular weight excluding hydrogens is 186 g/mol. The van der Waals surface area contributed by atoms with Crippen molar-refractivity contribution in [2.24, 2.45) is 0 Å². The predicted octanol–water partition coefficient (Wildman–Crippen LogP) is 0.514. The molecule has 0 heterocycles. The van der Waals surface area contributed by atoms with Crippen molar-refractivity contribution in [2.75, 3.05) is 0 Å². The topological polar surface area (TPSA) is 118 Å². The Morgan fingerprint density at radius 1 is 0.714 bits per heavy atom. The molecule has 5 heteroatoms. The first-order chi connectivity index (χ1) is 2.00.